The number of nitrogens with zero attached hydrogens (tertiary/aromatic N) is 3. The van der Waals surface area contributed by atoms with E-state index in [0.29, 0.717) is 43.2 Å². The van der Waals surface area contributed by atoms with Crippen LogP contribution in [-0.2, 0) is 16.1 Å². The molecule has 7 nitrogen and oxygen atoms in total. The maximum Gasteiger partial charge on any atom is 0.275 e. The van der Waals surface area contributed by atoms with Crippen molar-refractivity contribution in [1.82, 2.24) is 9.78 Å². The zero-order valence-electron chi connectivity index (χ0n) is 15.7. The number of aromatic nitrogens is 2. The lowest BCUT2D eigenvalue weighted by Crippen LogP contribution is -2.39. The van der Waals surface area contributed by atoms with Crippen LogP contribution >= 0.6 is 0 Å². The van der Waals surface area contributed by atoms with Crippen LogP contribution in [0.5, 0.6) is 0 Å². The van der Waals surface area contributed by atoms with E-state index in [2.05, 4.69) is 15.3 Å². The number of rotatable bonds is 4. The van der Waals surface area contributed by atoms with Crippen LogP contribution < -0.4 is 15.8 Å². The quantitative estimate of drug-likeness (QED) is 0.753. The molecule has 1 aliphatic rings. The number of morpholine rings is 1. The Morgan fingerprint density at radius 2 is 1.75 bits per heavy atom. The number of aryl methyl sites for hydroxylation is 1. The lowest BCUT2D eigenvalue weighted by molar-refractivity contribution is -0.117. The summed E-state index contributed by atoms with van der Waals surface area (Å²) >= 11 is 0. The largest absolute Gasteiger partial charge is 0.378 e. The number of ether oxygens (including phenoxy) is 1. The van der Waals surface area contributed by atoms with Crippen molar-refractivity contribution in [2.75, 3.05) is 36.5 Å². The van der Waals surface area contributed by atoms with Crippen molar-refractivity contribution in [3.8, 4) is 0 Å². The number of benzene rings is 2. The van der Waals surface area contributed by atoms with E-state index in [-0.39, 0.29) is 18.0 Å². The van der Waals surface area contributed by atoms with Gasteiger partial charge < -0.3 is 15.0 Å². The zero-order chi connectivity index (χ0) is 19.5. The van der Waals surface area contributed by atoms with Gasteiger partial charge in [-0.15, -0.1) is 0 Å². The molecular formula is C21H22N4O3. The van der Waals surface area contributed by atoms with E-state index in [4.69, 9.17) is 4.74 Å². The SMILES string of the molecule is Cc1ccc(NC(=O)Cn2nc(N3CCOCC3)c3ccccc3c2=O)cc1. The van der Waals surface area contributed by atoms with Crippen molar-refractivity contribution >= 4 is 28.2 Å². The average Bonchev–Trinajstić information content (AvgIpc) is 2.72. The van der Waals surface area contributed by atoms with Crippen molar-refractivity contribution in [2.24, 2.45) is 0 Å². The molecule has 0 saturated carbocycles. The topological polar surface area (TPSA) is 76.5 Å². The van der Waals surface area contributed by atoms with Gasteiger partial charge in [-0.25, -0.2) is 4.68 Å². The summed E-state index contributed by atoms with van der Waals surface area (Å²) < 4.78 is 6.67. The molecule has 4 rings (SSSR count). The number of carbonyl (C=O) groups is 1. The smallest absolute Gasteiger partial charge is 0.275 e. The molecule has 3 aromatic rings. The molecule has 1 fully saturated rings. The zero-order valence-corrected chi connectivity index (χ0v) is 15.7. The molecule has 0 aliphatic carbocycles. The van der Waals surface area contributed by atoms with Gasteiger partial charge in [-0.1, -0.05) is 35.9 Å². The summed E-state index contributed by atoms with van der Waals surface area (Å²) in [4.78, 5) is 27.5. The van der Waals surface area contributed by atoms with Crippen molar-refractivity contribution in [2.45, 2.75) is 13.5 Å². The van der Waals surface area contributed by atoms with E-state index < -0.39 is 0 Å². The lowest BCUT2D eigenvalue weighted by atomic mass is 10.1. The first-order chi connectivity index (χ1) is 13.6. The van der Waals surface area contributed by atoms with E-state index >= 15 is 0 Å². The van der Waals surface area contributed by atoms with Crippen LogP contribution in [0.25, 0.3) is 10.8 Å². The molecule has 2 aromatic carbocycles. The van der Waals surface area contributed by atoms with Gasteiger partial charge in [0.25, 0.3) is 5.56 Å². The second-order valence-electron chi connectivity index (χ2n) is 6.85. The number of hydrogen-bond donors (Lipinski definition) is 1. The van der Waals surface area contributed by atoms with Gasteiger partial charge in [0.15, 0.2) is 5.82 Å². The molecule has 7 heteroatoms. The molecule has 0 radical (unpaired) electrons. The number of fused-ring (bicyclic) bond motifs is 1. The average molecular weight is 378 g/mol. The maximum atomic E-state index is 12.9. The summed E-state index contributed by atoms with van der Waals surface area (Å²) in [5, 5.41) is 8.71. The monoisotopic (exact) mass is 378 g/mol. The van der Waals surface area contributed by atoms with E-state index in [9.17, 15) is 9.59 Å². The van der Waals surface area contributed by atoms with Crippen LogP contribution in [0.1, 0.15) is 5.56 Å². The molecule has 1 amide bonds. The lowest BCUT2D eigenvalue weighted by Gasteiger charge is -2.29. The fourth-order valence-electron chi connectivity index (χ4n) is 3.31. The summed E-state index contributed by atoms with van der Waals surface area (Å²) in [6.07, 6.45) is 0. The second-order valence-corrected chi connectivity index (χ2v) is 6.85. The van der Waals surface area contributed by atoms with Crippen molar-refractivity contribution in [3.63, 3.8) is 0 Å². The van der Waals surface area contributed by atoms with E-state index in [1.165, 1.54) is 4.68 Å². The molecule has 28 heavy (non-hydrogen) atoms. The Kier molecular flexibility index (Phi) is 5.08. The van der Waals surface area contributed by atoms with E-state index in [0.717, 1.165) is 10.9 Å². The molecule has 1 saturated heterocycles. The van der Waals surface area contributed by atoms with Gasteiger partial charge in [0, 0.05) is 24.2 Å². The van der Waals surface area contributed by atoms with E-state index in [1.54, 1.807) is 6.07 Å². The van der Waals surface area contributed by atoms with Gasteiger partial charge in [0.1, 0.15) is 6.54 Å². The minimum Gasteiger partial charge on any atom is -0.378 e. The molecule has 1 N–H and O–H groups in total. The summed E-state index contributed by atoms with van der Waals surface area (Å²) in [6, 6.07) is 14.9. The van der Waals surface area contributed by atoms with E-state index in [1.807, 2.05) is 49.4 Å². The Labute approximate surface area is 162 Å². The Balaban J connectivity index is 1.66. The van der Waals surface area contributed by atoms with Gasteiger partial charge in [-0.05, 0) is 25.1 Å². The van der Waals surface area contributed by atoms with Gasteiger partial charge in [-0.3, -0.25) is 9.59 Å². The summed E-state index contributed by atoms with van der Waals surface area (Å²) in [6.45, 7) is 4.47. The first-order valence-corrected chi connectivity index (χ1v) is 9.31. The van der Waals surface area contributed by atoms with Crippen LogP contribution in [0.2, 0.25) is 0 Å². The van der Waals surface area contributed by atoms with Gasteiger partial charge in [0.05, 0.1) is 18.6 Å². The maximum absolute atomic E-state index is 12.9. The highest BCUT2D eigenvalue weighted by atomic mass is 16.5. The summed E-state index contributed by atoms with van der Waals surface area (Å²) in [5.41, 5.74) is 1.53. The van der Waals surface area contributed by atoms with Crippen LogP contribution in [0, 0.1) is 6.92 Å². The summed E-state index contributed by atoms with van der Waals surface area (Å²) in [7, 11) is 0. The minimum absolute atomic E-state index is 0.144. The van der Waals surface area contributed by atoms with Gasteiger partial charge in [0.2, 0.25) is 5.91 Å². The Hall–Kier alpha value is -3.19. The molecule has 0 atom stereocenters. The predicted molar refractivity (Wildman–Crippen MR) is 109 cm³/mol. The number of nitrogens with one attached hydrogen (secondary N) is 1. The number of amides is 1. The number of anilines is 2. The fraction of sp³-hybridized carbons (Fsp3) is 0.286. The van der Waals surface area contributed by atoms with Gasteiger partial charge in [-0.2, -0.15) is 5.10 Å². The molecule has 144 valence electrons. The first-order valence-electron chi connectivity index (χ1n) is 9.31. The number of hydrogen-bond acceptors (Lipinski definition) is 5. The Morgan fingerprint density at radius 3 is 2.46 bits per heavy atom. The molecule has 2 heterocycles. The molecule has 1 aliphatic heterocycles. The van der Waals surface area contributed by atoms with Crippen molar-refractivity contribution < 1.29 is 9.53 Å². The summed E-state index contributed by atoms with van der Waals surface area (Å²) in [5.74, 6) is 0.420. The Bertz CT molecular complexity index is 1050. The Morgan fingerprint density at radius 1 is 1.07 bits per heavy atom. The van der Waals surface area contributed by atoms with Crippen LogP contribution in [0.4, 0.5) is 11.5 Å². The molecule has 0 spiro atoms. The van der Waals surface area contributed by atoms with Crippen LogP contribution in [0.15, 0.2) is 53.3 Å². The highest BCUT2D eigenvalue weighted by Crippen LogP contribution is 2.22. The first kappa shape index (κ1) is 18.2. The molecule has 1 aromatic heterocycles. The third kappa shape index (κ3) is 3.75. The van der Waals surface area contributed by atoms with Crippen LogP contribution in [0.3, 0.4) is 0 Å². The van der Waals surface area contributed by atoms with Crippen molar-refractivity contribution in [3.05, 3.63) is 64.4 Å². The van der Waals surface area contributed by atoms with Crippen molar-refractivity contribution in [1.29, 1.82) is 0 Å². The van der Waals surface area contributed by atoms with Crippen LogP contribution in [-0.4, -0.2) is 42.0 Å². The molecular weight excluding hydrogens is 356 g/mol. The van der Waals surface area contributed by atoms with Gasteiger partial charge >= 0.3 is 0 Å². The predicted octanol–water partition coefficient (Wildman–Crippen LogP) is 2.18. The highest BCUT2D eigenvalue weighted by Gasteiger charge is 2.19. The third-order valence-electron chi connectivity index (χ3n) is 4.79. The molecule has 0 bridgehead atoms. The highest BCUT2D eigenvalue weighted by molar-refractivity contribution is 5.93. The fourth-order valence-corrected chi connectivity index (χ4v) is 3.31. The second kappa shape index (κ2) is 7.82. The molecule has 0 unspecified atom stereocenters. The third-order valence-corrected chi connectivity index (χ3v) is 4.79. The normalized spacial score (nSPS) is 14.2. The number of carbonyl (C=O) groups excluding carboxylic acids is 1. The minimum atomic E-state index is -0.290. The standard InChI is InChI=1S/C21H22N4O3/c1-15-6-8-16(9-7-15)22-19(26)14-25-21(27)18-5-3-2-4-17(18)20(23-25)24-10-12-28-13-11-24/h2-9H,10-14H2,1H3,(H,22,26).